The van der Waals surface area contributed by atoms with Crippen molar-refractivity contribution in [3.8, 4) is 0 Å². The van der Waals surface area contributed by atoms with Crippen LogP contribution >= 0.6 is 12.2 Å². The number of thiocarbonyl (C=S) groups is 1. The van der Waals surface area contributed by atoms with E-state index >= 15 is 0 Å². The van der Waals surface area contributed by atoms with Gasteiger partial charge in [-0.3, -0.25) is 0 Å². The van der Waals surface area contributed by atoms with E-state index in [4.69, 9.17) is 18.0 Å². The second-order valence-corrected chi connectivity index (χ2v) is 5.85. The Hall–Kier alpha value is -1.23. The molecule has 1 aromatic heterocycles. The molecule has 17 heavy (non-hydrogen) atoms. The first kappa shape index (κ1) is 13.8. The highest BCUT2D eigenvalue weighted by molar-refractivity contribution is 7.80. The third-order valence-electron chi connectivity index (χ3n) is 2.49. The molecule has 1 aromatic rings. The Bertz CT molecular complexity index is 435. The molecular weight excluding hydrogens is 232 g/mol. The highest BCUT2D eigenvalue weighted by Gasteiger charge is 2.16. The molecule has 3 N–H and O–H groups in total. The maximum atomic E-state index is 5.75. The summed E-state index contributed by atoms with van der Waals surface area (Å²) < 4.78 is 0. The zero-order valence-corrected chi connectivity index (χ0v) is 11.9. The van der Waals surface area contributed by atoms with E-state index in [2.05, 4.69) is 36.3 Å². The molecule has 0 radical (unpaired) electrons. The summed E-state index contributed by atoms with van der Waals surface area (Å²) in [6, 6.07) is 0. The number of hydrogen-bond acceptors (Lipinski definition) is 4. The van der Waals surface area contributed by atoms with Crippen LogP contribution < -0.4 is 11.1 Å². The van der Waals surface area contributed by atoms with Crippen molar-refractivity contribution in [2.45, 2.75) is 34.6 Å². The zero-order valence-electron chi connectivity index (χ0n) is 11.1. The maximum Gasteiger partial charge on any atom is 0.159 e. The Morgan fingerprint density at radius 1 is 1.29 bits per heavy atom. The molecule has 0 bridgehead atoms. The molecule has 5 heteroatoms. The van der Waals surface area contributed by atoms with Gasteiger partial charge in [0.15, 0.2) is 5.82 Å². The number of hydrogen-bond donors (Lipinski definition) is 2. The lowest BCUT2D eigenvalue weighted by Crippen LogP contribution is -2.23. The molecule has 94 valence electrons. The van der Waals surface area contributed by atoms with Crippen LogP contribution in [0.3, 0.4) is 0 Å². The molecule has 0 aliphatic carbocycles. The summed E-state index contributed by atoms with van der Waals surface area (Å²) >= 11 is 5.07. The van der Waals surface area contributed by atoms with Crippen LogP contribution in [0.5, 0.6) is 0 Å². The Labute approximate surface area is 108 Å². The molecule has 0 unspecified atom stereocenters. The smallest absolute Gasteiger partial charge is 0.159 e. The molecule has 0 fully saturated rings. The van der Waals surface area contributed by atoms with Crippen molar-refractivity contribution in [2.24, 2.45) is 11.1 Å². The van der Waals surface area contributed by atoms with E-state index in [-0.39, 0.29) is 5.41 Å². The standard InChI is InChI=1S/C12H20N4S/c1-7-8(2)15-16-11(9(7)10(13)17)14-6-12(3,4)5/h6H2,1-5H3,(H2,13,17)(H,14,16). The van der Waals surface area contributed by atoms with Crippen LogP contribution in [0.4, 0.5) is 5.82 Å². The van der Waals surface area contributed by atoms with Crippen molar-refractivity contribution in [2.75, 3.05) is 11.9 Å². The van der Waals surface area contributed by atoms with Crippen LogP contribution in [-0.4, -0.2) is 21.7 Å². The van der Waals surface area contributed by atoms with Crippen molar-refractivity contribution >= 4 is 23.0 Å². The molecule has 0 atom stereocenters. The van der Waals surface area contributed by atoms with Crippen molar-refractivity contribution in [3.63, 3.8) is 0 Å². The molecule has 0 amide bonds. The summed E-state index contributed by atoms with van der Waals surface area (Å²) in [5.41, 5.74) is 8.56. The van der Waals surface area contributed by atoms with Crippen molar-refractivity contribution in [1.29, 1.82) is 0 Å². The number of aromatic nitrogens is 2. The number of nitrogens with zero attached hydrogens (tertiary/aromatic N) is 2. The molecule has 1 heterocycles. The van der Waals surface area contributed by atoms with Gasteiger partial charge in [-0.15, -0.1) is 5.10 Å². The average Bonchev–Trinajstić information content (AvgIpc) is 2.18. The van der Waals surface area contributed by atoms with Crippen LogP contribution in [0.2, 0.25) is 0 Å². The fraction of sp³-hybridized carbons (Fsp3) is 0.583. The molecular formula is C12H20N4S. The minimum absolute atomic E-state index is 0.161. The number of anilines is 1. The molecule has 0 saturated heterocycles. The van der Waals surface area contributed by atoms with E-state index in [1.165, 1.54) is 0 Å². The van der Waals surface area contributed by atoms with Gasteiger partial charge in [0.05, 0.1) is 11.3 Å². The lowest BCUT2D eigenvalue weighted by molar-refractivity contribution is 0.442. The largest absolute Gasteiger partial charge is 0.389 e. The molecule has 0 aliphatic rings. The first-order chi connectivity index (χ1) is 7.72. The SMILES string of the molecule is Cc1nnc(NCC(C)(C)C)c(C(N)=S)c1C. The molecule has 0 saturated carbocycles. The lowest BCUT2D eigenvalue weighted by Gasteiger charge is -2.20. The summed E-state index contributed by atoms with van der Waals surface area (Å²) in [4.78, 5) is 0.358. The van der Waals surface area contributed by atoms with Gasteiger partial charge in [-0.05, 0) is 24.8 Å². The molecule has 4 nitrogen and oxygen atoms in total. The highest BCUT2D eigenvalue weighted by atomic mass is 32.1. The fourth-order valence-corrected chi connectivity index (χ4v) is 1.63. The zero-order chi connectivity index (χ0) is 13.2. The highest BCUT2D eigenvalue weighted by Crippen LogP contribution is 2.20. The Balaban J connectivity index is 3.08. The van der Waals surface area contributed by atoms with E-state index in [0.717, 1.165) is 23.4 Å². The fourth-order valence-electron chi connectivity index (χ4n) is 1.38. The number of rotatable bonds is 3. The van der Waals surface area contributed by atoms with E-state index < -0.39 is 0 Å². The van der Waals surface area contributed by atoms with Gasteiger partial charge in [0.25, 0.3) is 0 Å². The monoisotopic (exact) mass is 252 g/mol. The summed E-state index contributed by atoms with van der Waals surface area (Å²) in [5, 5.41) is 11.5. The number of nitrogens with one attached hydrogen (secondary N) is 1. The predicted octanol–water partition coefficient (Wildman–Crippen LogP) is 2.19. The predicted molar refractivity (Wildman–Crippen MR) is 75.3 cm³/mol. The maximum absolute atomic E-state index is 5.75. The minimum atomic E-state index is 0.161. The Morgan fingerprint density at radius 3 is 2.35 bits per heavy atom. The van der Waals surface area contributed by atoms with Crippen LogP contribution in [-0.2, 0) is 0 Å². The normalized spacial score (nSPS) is 11.4. The van der Waals surface area contributed by atoms with Crippen molar-refractivity contribution in [1.82, 2.24) is 10.2 Å². The molecule has 0 spiro atoms. The summed E-state index contributed by atoms with van der Waals surface area (Å²) in [7, 11) is 0. The third-order valence-corrected chi connectivity index (χ3v) is 2.69. The molecule has 0 aromatic carbocycles. The molecule has 1 rings (SSSR count). The van der Waals surface area contributed by atoms with E-state index in [9.17, 15) is 0 Å². The lowest BCUT2D eigenvalue weighted by atomic mass is 9.97. The molecule has 0 aliphatic heterocycles. The number of aryl methyl sites for hydroxylation is 1. The second kappa shape index (κ2) is 4.96. The quantitative estimate of drug-likeness (QED) is 0.807. The summed E-state index contributed by atoms with van der Waals surface area (Å²) in [6.45, 7) is 11.1. The van der Waals surface area contributed by atoms with E-state index in [0.29, 0.717) is 10.8 Å². The Morgan fingerprint density at radius 2 is 1.88 bits per heavy atom. The Kier molecular flexibility index (Phi) is 4.03. The van der Waals surface area contributed by atoms with Crippen molar-refractivity contribution < 1.29 is 0 Å². The third kappa shape index (κ3) is 3.63. The topological polar surface area (TPSA) is 63.8 Å². The van der Waals surface area contributed by atoms with Crippen molar-refractivity contribution in [3.05, 3.63) is 16.8 Å². The first-order valence-electron chi connectivity index (χ1n) is 5.60. The van der Waals surface area contributed by atoms with Gasteiger partial charge in [-0.1, -0.05) is 33.0 Å². The van der Waals surface area contributed by atoms with E-state index in [1.807, 2.05) is 13.8 Å². The van der Waals surface area contributed by atoms with Gasteiger partial charge in [0.2, 0.25) is 0 Å². The summed E-state index contributed by atoms with van der Waals surface area (Å²) in [5.74, 6) is 0.676. The van der Waals surface area contributed by atoms with Crippen LogP contribution in [0.15, 0.2) is 0 Å². The van der Waals surface area contributed by atoms with Gasteiger partial charge in [-0.2, -0.15) is 5.10 Å². The van der Waals surface area contributed by atoms with Gasteiger partial charge in [0.1, 0.15) is 4.99 Å². The van der Waals surface area contributed by atoms with Crippen LogP contribution in [0.1, 0.15) is 37.6 Å². The minimum Gasteiger partial charge on any atom is -0.389 e. The van der Waals surface area contributed by atoms with Gasteiger partial charge in [0, 0.05) is 6.54 Å². The van der Waals surface area contributed by atoms with Crippen LogP contribution in [0, 0.1) is 19.3 Å². The summed E-state index contributed by atoms with van der Waals surface area (Å²) in [6.07, 6.45) is 0. The van der Waals surface area contributed by atoms with Gasteiger partial charge < -0.3 is 11.1 Å². The van der Waals surface area contributed by atoms with Gasteiger partial charge in [-0.25, -0.2) is 0 Å². The van der Waals surface area contributed by atoms with Gasteiger partial charge >= 0.3 is 0 Å². The second-order valence-electron chi connectivity index (χ2n) is 5.41. The van der Waals surface area contributed by atoms with Crippen LogP contribution in [0.25, 0.3) is 0 Å². The average molecular weight is 252 g/mol. The number of nitrogens with two attached hydrogens (primary N) is 1. The first-order valence-corrected chi connectivity index (χ1v) is 6.01. The van der Waals surface area contributed by atoms with E-state index in [1.54, 1.807) is 0 Å².